The van der Waals surface area contributed by atoms with Crippen LogP contribution in [0.3, 0.4) is 0 Å². The van der Waals surface area contributed by atoms with Crippen LogP contribution in [0.1, 0.15) is 5.56 Å². The molecular weight excluding hydrogens is 424 g/mol. The SMILES string of the molecule is COc1ccc(-c2noc(-c3cccn(CC(=O)Nc4ccc(C)cc4)c3=O)n2)cc1OC. The Labute approximate surface area is 189 Å². The summed E-state index contributed by atoms with van der Waals surface area (Å²) in [5.74, 6) is 1.11. The first-order valence-corrected chi connectivity index (χ1v) is 10.1. The van der Waals surface area contributed by atoms with Gasteiger partial charge < -0.3 is 23.9 Å². The Hall–Kier alpha value is -4.40. The normalized spacial score (nSPS) is 10.6. The third-order valence-corrected chi connectivity index (χ3v) is 4.97. The molecule has 1 N–H and O–H groups in total. The van der Waals surface area contributed by atoms with E-state index in [-0.39, 0.29) is 29.7 Å². The fourth-order valence-electron chi connectivity index (χ4n) is 3.24. The molecule has 0 unspecified atom stereocenters. The Morgan fingerprint density at radius 3 is 2.55 bits per heavy atom. The van der Waals surface area contributed by atoms with E-state index < -0.39 is 5.56 Å². The van der Waals surface area contributed by atoms with Gasteiger partial charge in [-0.05, 0) is 49.4 Å². The van der Waals surface area contributed by atoms with Gasteiger partial charge in [0.15, 0.2) is 11.5 Å². The molecule has 0 aliphatic carbocycles. The van der Waals surface area contributed by atoms with Gasteiger partial charge in [-0.3, -0.25) is 9.59 Å². The molecule has 2 heterocycles. The van der Waals surface area contributed by atoms with E-state index in [1.807, 2.05) is 19.1 Å². The van der Waals surface area contributed by atoms with E-state index in [4.69, 9.17) is 14.0 Å². The second-order valence-corrected chi connectivity index (χ2v) is 7.26. The highest BCUT2D eigenvalue weighted by molar-refractivity contribution is 5.90. The topological polar surface area (TPSA) is 108 Å². The number of pyridine rings is 1. The molecule has 2 aromatic carbocycles. The van der Waals surface area contributed by atoms with Gasteiger partial charge in [-0.2, -0.15) is 4.98 Å². The molecule has 0 saturated carbocycles. The Bertz CT molecular complexity index is 1340. The largest absolute Gasteiger partial charge is 0.493 e. The number of aryl methyl sites for hydroxylation is 1. The van der Waals surface area contributed by atoms with Crippen molar-refractivity contribution in [2.45, 2.75) is 13.5 Å². The van der Waals surface area contributed by atoms with Gasteiger partial charge in [0.1, 0.15) is 12.1 Å². The molecule has 0 atom stereocenters. The molecular formula is C24H22N4O5. The summed E-state index contributed by atoms with van der Waals surface area (Å²) in [5, 5.41) is 6.76. The van der Waals surface area contributed by atoms with Gasteiger partial charge in [0.25, 0.3) is 11.4 Å². The predicted octanol–water partition coefficient (Wildman–Crippen LogP) is 3.53. The van der Waals surface area contributed by atoms with Gasteiger partial charge in [-0.25, -0.2) is 0 Å². The van der Waals surface area contributed by atoms with E-state index in [1.165, 1.54) is 17.9 Å². The van der Waals surface area contributed by atoms with Crippen molar-refractivity contribution in [1.29, 1.82) is 0 Å². The van der Waals surface area contributed by atoms with E-state index in [0.29, 0.717) is 22.7 Å². The predicted molar refractivity (Wildman–Crippen MR) is 122 cm³/mol. The number of aromatic nitrogens is 3. The third kappa shape index (κ3) is 4.77. The van der Waals surface area contributed by atoms with Crippen LogP contribution in [0.4, 0.5) is 5.69 Å². The van der Waals surface area contributed by atoms with E-state index >= 15 is 0 Å². The van der Waals surface area contributed by atoms with E-state index in [9.17, 15) is 9.59 Å². The average Bonchev–Trinajstić information content (AvgIpc) is 3.31. The maximum atomic E-state index is 13.0. The summed E-state index contributed by atoms with van der Waals surface area (Å²) in [6.07, 6.45) is 1.53. The minimum Gasteiger partial charge on any atom is -0.493 e. The van der Waals surface area contributed by atoms with Crippen molar-refractivity contribution in [3.05, 3.63) is 76.7 Å². The second-order valence-electron chi connectivity index (χ2n) is 7.26. The number of ether oxygens (including phenoxy) is 2. The molecule has 4 aromatic rings. The maximum absolute atomic E-state index is 13.0. The van der Waals surface area contributed by atoms with Crippen LogP contribution in [0.5, 0.6) is 11.5 Å². The maximum Gasteiger partial charge on any atom is 0.263 e. The monoisotopic (exact) mass is 446 g/mol. The van der Waals surface area contributed by atoms with Gasteiger partial charge in [-0.1, -0.05) is 22.9 Å². The van der Waals surface area contributed by atoms with Crippen LogP contribution in [0.25, 0.3) is 22.8 Å². The summed E-state index contributed by atoms with van der Waals surface area (Å²) >= 11 is 0. The molecule has 0 spiro atoms. The number of hydrogen-bond acceptors (Lipinski definition) is 7. The van der Waals surface area contributed by atoms with Crippen LogP contribution in [0.2, 0.25) is 0 Å². The minimum atomic E-state index is -0.418. The average molecular weight is 446 g/mol. The molecule has 0 aliphatic heterocycles. The van der Waals surface area contributed by atoms with Crippen molar-refractivity contribution in [2.75, 3.05) is 19.5 Å². The third-order valence-electron chi connectivity index (χ3n) is 4.97. The quantitative estimate of drug-likeness (QED) is 0.463. The van der Waals surface area contributed by atoms with Crippen LogP contribution in [0, 0.1) is 6.92 Å². The van der Waals surface area contributed by atoms with Gasteiger partial charge in [-0.15, -0.1) is 0 Å². The first kappa shape index (κ1) is 21.8. The van der Waals surface area contributed by atoms with Crippen molar-refractivity contribution in [1.82, 2.24) is 14.7 Å². The van der Waals surface area contributed by atoms with Crippen LogP contribution in [0.15, 0.2) is 70.1 Å². The van der Waals surface area contributed by atoms with Crippen molar-refractivity contribution in [3.8, 4) is 34.3 Å². The molecule has 33 heavy (non-hydrogen) atoms. The molecule has 0 radical (unpaired) electrons. The van der Waals surface area contributed by atoms with Crippen molar-refractivity contribution in [3.63, 3.8) is 0 Å². The zero-order chi connectivity index (χ0) is 23.4. The molecule has 0 saturated heterocycles. The highest BCUT2D eigenvalue weighted by atomic mass is 16.5. The zero-order valence-corrected chi connectivity index (χ0v) is 18.4. The number of nitrogens with zero attached hydrogens (tertiary/aromatic N) is 3. The van der Waals surface area contributed by atoms with Gasteiger partial charge in [0.2, 0.25) is 11.7 Å². The summed E-state index contributed by atoms with van der Waals surface area (Å²) in [4.78, 5) is 29.7. The van der Waals surface area contributed by atoms with E-state index in [0.717, 1.165) is 5.56 Å². The van der Waals surface area contributed by atoms with Crippen molar-refractivity contribution in [2.24, 2.45) is 0 Å². The molecule has 1 amide bonds. The summed E-state index contributed by atoms with van der Waals surface area (Å²) in [6.45, 7) is 1.81. The Kier molecular flexibility index (Phi) is 6.21. The number of hydrogen-bond donors (Lipinski definition) is 1. The molecule has 9 heteroatoms. The van der Waals surface area contributed by atoms with Crippen LogP contribution < -0.4 is 20.3 Å². The number of nitrogens with one attached hydrogen (secondary N) is 1. The summed E-state index contributed by atoms with van der Waals surface area (Å²) in [5.41, 5.74) is 2.16. The van der Waals surface area contributed by atoms with E-state index in [1.54, 1.807) is 49.6 Å². The lowest BCUT2D eigenvalue weighted by atomic mass is 10.2. The summed E-state index contributed by atoms with van der Waals surface area (Å²) in [7, 11) is 3.08. The first-order valence-electron chi connectivity index (χ1n) is 10.1. The minimum absolute atomic E-state index is 0.0538. The fourth-order valence-corrected chi connectivity index (χ4v) is 3.24. The highest BCUT2D eigenvalue weighted by Gasteiger charge is 2.17. The summed E-state index contributed by atoms with van der Waals surface area (Å²) < 4.78 is 17.2. The first-order chi connectivity index (χ1) is 16.0. The molecule has 168 valence electrons. The standard InChI is InChI=1S/C24H22N4O5/c1-15-6-9-17(10-7-15)25-21(29)14-28-12-4-5-18(24(28)30)23-26-22(27-33-23)16-8-11-19(31-2)20(13-16)32-3/h4-13H,14H2,1-3H3,(H,25,29). The van der Waals surface area contributed by atoms with Gasteiger partial charge in [0, 0.05) is 17.4 Å². The second kappa shape index (κ2) is 9.39. The molecule has 0 aliphatic rings. The molecule has 9 nitrogen and oxygen atoms in total. The van der Waals surface area contributed by atoms with E-state index in [2.05, 4.69) is 15.5 Å². The number of anilines is 1. The van der Waals surface area contributed by atoms with Gasteiger partial charge in [0.05, 0.1) is 14.2 Å². The molecule has 4 rings (SSSR count). The Morgan fingerprint density at radius 1 is 1.06 bits per heavy atom. The van der Waals surface area contributed by atoms with Crippen molar-refractivity contribution < 1.29 is 18.8 Å². The van der Waals surface area contributed by atoms with Crippen LogP contribution >= 0.6 is 0 Å². The molecule has 2 aromatic heterocycles. The number of carbonyl (C=O) groups is 1. The number of methoxy groups -OCH3 is 2. The highest BCUT2D eigenvalue weighted by Crippen LogP contribution is 2.31. The number of benzene rings is 2. The lowest BCUT2D eigenvalue weighted by Gasteiger charge is -2.08. The van der Waals surface area contributed by atoms with Crippen molar-refractivity contribution >= 4 is 11.6 Å². The Morgan fingerprint density at radius 2 is 1.82 bits per heavy atom. The van der Waals surface area contributed by atoms with Gasteiger partial charge >= 0.3 is 0 Å². The molecule has 0 bridgehead atoms. The fraction of sp³-hybridized carbons (Fsp3) is 0.167. The lowest BCUT2D eigenvalue weighted by Crippen LogP contribution is -2.28. The van der Waals surface area contributed by atoms with Crippen LogP contribution in [-0.2, 0) is 11.3 Å². The number of carbonyl (C=O) groups excluding carboxylic acids is 1. The summed E-state index contributed by atoms with van der Waals surface area (Å²) in [6, 6.07) is 15.8. The lowest BCUT2D eigenvalue weighted by molar-refractivity contribution is -0.116. The Balaban J connectivity index is 1.56. The van der Waals surface area contributed by atoms with Crippen LogP contribution in [-0.4, -0.2) is 34.8 Å². The number of amides is 1. The molecule has 0 fully saturated rings. The number of rotatable bonds is 7. The smallest absolute Gasteiger partial charge is 0.263 e. The zero-order valence-electron chi connectivity index (χ0n) is 18.4.